The lowest BCUT2D eigenvalue weighted by Crippen LogP contribution is -2.20. The largest absolute Gasteiger partial charge is 0.416 e. The van der Waals surface area contributed by atoms with Gasteiger partial charge >= 0.3 is 6.18 Å². The average molecular weight is 301 g/mol. The molecule has 1 aromatic heterocycles. The molecular weight excluding hydrogens is 287 g/mol. The summed E-state index contributed by atoms with van der Waals surface area (Å²) < 4.78 is 42.3. The second-order valence-corrected chi connectivity index (χ2v) is 4.44. The van der Waals surface area contributed by atoms with Crippen LogP contribution in [0.5, 0.6) is 0 Å². The number of aliphatic hydroxyl groups excluding tert-OH is 1. The van der Waals surface area contributed by atoms with Crippen LogP contribution in [0.3, 0.4) is 0 Å². The van der Waals surface area contributed by atoms with E-state index in [1.54, 1.807) is 7.05 Å². The summed E-state index contributed by atoms with van der Waals surface area (Å²) in [6.07, 6.45) is -4.09. The van der Waals surface area contributed by atoms with Crippen molar-refractivity contribution in [3.05, 3.63) is 47.1 Å². The molecule has 2 rings (SSSR count). The van der Waals surface area contributed by atoms with Crippen molar-refractivity contribution in [3.63, 3.8) is 0 Å². The Morgan fingerprint density at radius 3 is 2.48 bits per heavy atom. The van der Waals surface area contributed by atoms with Gasteiger partial charge in [0, 0.05) is 6.42 Å². The summed E-state index contributed by atoms with van der Waals surface area (Å²) in [4.78, 5) is 4.10. The Kier molecular flexibility index (Phi) is 4.59. The van der Waals surface area contributed by atoms with Gasteiger partial charge in [-0.2, -0.15) is 18.2 Å². The molecule has 2 N–H and O–H groups in total. The van der Waals surface area contributed by atoms with Crippen molar-refractivity contribution in [3.8, 4) is 0 Å². The number of rotatable bonds is 5. The van der Waals surface area contributed by atoms with Gasteiger partial charge in [0.25, 0.3) is 0 Å². The molecule has 0 fully saturated rings. The topological polar surface area (TPSA) is 71.2 Å². The van der Waals surface area contributed by atoms with Gasteiger partial charge in [0.05, 0.1) is 12.2 Å². The summed E-state index contributed by atoms with van der Waals surface area (Å²) in [7, 11) is 1.64. The van der Waals surface area contributed by atoms with Crippen molar-refractivity contribution in [2.75, 3.05) is 13.7 Å². The van der Waals surface area contributed by atoms with Crippen LogP contribution in [-0.4, -0.2) is 28.9 Å². The Bertz CT molecular complexity index is 577. The summed E-state index contributed by atoms with van der Waals surface area (Å²) in [6.45, 7) is -0.196. The zero-order valence-electron chi connectivity index (χ0n) is 11.2. The maximum absolute atomic E-state index is 12.4. The first kappa shape index (κ1) is 15.5. The van der Waals surface area contributed by atoms with E-state index in [4.69, 9.17) is 9.63 Å². The minimum absolute atomic E-state index is 0.196. The Balaban J connectivity index is 2.08. The van der Waals surface area contributed by atoms with E-state index < -0.39 is 17.8 Å². The van der Waals surface area contributed by atoms with E-state index in [0.29, 0.717) is 11.4 Å². The third-order valence-corrected chi connectivity index (χ3v) is 2.96. The van der Waals surface area contributed by atoms with Gasteiger partial charge in [0.1, 0.15) is 6.04 Å². The van der Waals surface area contributed by atoms with E-state index in [1.807, 2.05) is 0 Å². The third-order valence-electron chi connectivity index (χ3n) is 2.96. The number of benzene rings is 1. The summed E-state index contributed by atoms with van der Waals surface area (Å²) in [6, 6.07) is 4.32. The lowest BCUT2D eigenvalue weighted by atomic mass is 10.1. The molecule has 0 aliphatic carbocycles. The summed E-state index contributed by atoms with van der Waals surface area (Å²) in [5.74, 6) is 0.584. The van der Waals surface area contributed by atoms with Crippen molar-refractivity contribution in [2.45, 2.75) is 18.6 Å². The third kappa shape index (κ3) is 3.79. The van der Waals surface area contributed by atoms with Gasteiger partial charge in [-0.1, -0.05) is 17.3 Å². The van der Waals surface area contributed by atoms with Crippen LogP contribution >= 0.6 is 0 Å². The maximum Gasteiger partial charge on any atom is 0.416 e. The Morgan fingerprint density at radius 2 is 1.95 bits per heavy atom. The Labute approximate surface area is 118 Å². The fourth-order valence-corrected chi connectivity index (χ4v) is 1.77. The summed E-state index contributed by atoms with van der Waals surface area (Å²) in [5, 5.41) is 15.6. The maximum atomic E-state index is 12.4. The monoisotopic (exact) mass is 301 g/mol. The molecule has 1 heterocycles. The molecule has 0 spiro atoms. The molecule has 1 atom stereocenters. The number of likely N-dealkylation sites (N-methyl/N-ethyl adjacent to an activating group) is 1. The van der Waals surface area contributed by atoms with E-state index in [2.05, 4.69) is 15.5 Å². The van der Waals surface area contributed by atoms with Crippen LogP contribution in [0.15, 0.2) is 28.8 Å². The zero-order chi connectivity index (χ0) is 15.5. The van der Waals surface area contributed by atoms with Crippen molar-refractivity contribution in [1.82, 2.24) is 15.5 Å². The Morgan fingerprint density at radius 1 is 1.29 bits per heavy atom. The molecule has 0 unspecified atom stereocenters. The molecule has 0 radical (unpaired) electrons. The predicted octanol–water partition coefficient (Wildman–Crippen LogP) is 1.93. The van der Waals surface area contributed by atoms with Crippen molar-refractivity contribution in [1.29, 1.82) is 0 Å². The van der Waals surface area contributed by atoms with Crippen molar-refractivity contribution in [2.24, 2.45) is 0 Å². The van der Waals surface area contributed by atoms with Crippen molar-refractivity contribution >= 4 is 0 Å². The van der Waals surface area contributed by atoms with Gasteiger partial charge in [-0.3, -0.25) is 0 Å². The van der Waals surface area contributed by atoms with E-state index in [1.165, 1.54) is 12.1 Å². The first-order valence-corrected chi connectivity index (χ1v) is 6.20. The quantitative estimate of drug-likeness (QED) is 0.883. The summed E-state index contributed by atoms with van der Waals surface area (Å²) in [5.41, 5.74) is -0.0593. The highest BCUT2D eigenvalue weighted by atomic mass is 19.4. The normalized spacial score (nSPS) is 13.4. The van der Waals surface area contributed by atoms with E-state index in [9.17, 15) is 13.2 Å². The number of aromatic nitrogens is 2. The molecule has 2 aromatic rings. The number of hydrogen-bond acceptors (Lipinski definition) is 5. The first-order valence-electron chi connectivity index (χ1n) is 6.20. The number of nitrogens with one attached hydrogen (secondary N) is 1. The minimum Gasteiger partial charge on any atom is -0.394 e. The van der Waals surface area contributed by atoms with Gasteiger partial charge in [0.15, 0.2) is 5.82 Å². The molecule has 0 saturated heterocycles. The second kappa shape index (κ2) is 6.23. The fourth-order valence-electron chi connectivity index (χ4n) is 1.77. The van der Waals surface area contributed by atoms with Gasteiger partial charge < -0.3 is 14.9 Å². The molecule has 0 aliphatic heterocycles. The van der Waals surface area contributed by atoms with Crippen LogP contribution in [0, 0.1) is 0 Å². The van der Waals surface area contributed by atoms with E-state index in [-0.39, 0.29) is 18.9 Å². The number of aliphatic hydroxyl groups is 1. The zero-order valence-corrected chi connectivity index (χ0v) is 11.2. The highest BCUT2D eigenvalue weighted by Gasteiger charge is 2.30. The predicted molar refractivity (Wildman–Crippen MR) is 67.4 cm³/mol. The van der Waals surface area contributed by atoms with Crippen LogP contribution in [-0.2, 0) is 12.6 Å². The highest BCUT2D eigenvalue weighted by molar-refractivity contribution is 5.26. The molecule has 0 aliphatic rings. The number of hydrogen-bond donors (Lipinski definition) is 2. The Hall–Kier alpha value is -1.93. The van der Waals surface area contributed by atoms with Crippen LogP contribution in [0.4, 0.5) is 13.2 Å². The van der Waals surface area contributed by atoms with E-state index in [0.717, 1.165) is 12.1 Å². The number of nitrogens with zero attached hydrogens (tertiary/aromatic N) is 2. The van der Waals surface area contributed by atoms with Gasteiger partial charge in [-0.05, 0) is 24.7 Å². The first-order chi connectivity index (χ1) is 9.94. The molecule has 5 nitrogen and oxygen atoms in total. The summed E-state index contributed by atoms with van der Waals surface area (Å²) >= 11 is 0. The van der Waals surface area contributed by atoms with Crippen molar-refractivity contribution < 1.29 is 22.8 Å². The lowest BCUT2D eigenvalue weighted by Gasteiger charge is -2.06. The van der Waals surface area contributed by atoms with Gasteiger partial charge in [-0.15, -0.1) is 0 Å². The van der Waals surface area contributed by atoms with Crippen LogP contribution in [0.2, 0.25) is 0 Å². The molecule has 114 valence electrons. The number of alkyl halides is 3. The van der Waals surface area contributed by atoms with Gasteiger partial charge in [-0.25, -0.2) is 0 Å². The average Bonchev–Trinajstić information content (AvgIpc) is 2.88. The van der Waals surface area contributed by atoms with Crippen LogP contribution in [0.1, 0.15) is 28.9 Å². The molecule has 8 heteroatoms. The molecule has 21 heavy (non-hydrogen) atoms. The second-order valence-electron chi connectivity index (χ2n) is 4.44. The number of halogens is 3. The molecule has 0 bridgehead atoms. The molecule has 0 saturated carbocycles. The smallest absolute Gasteiger partial charge is 0.394 e. The standard InChI is InChI=1S/C13H14F3N3O2/c1-17-10(7-20)12-18-11(19-21-12)6-8-2-4-9(5-3-8)13(14,15)16/h2-5,10,17,20H,6-7H2,1H3/t10-/m0/s1. The lowest BCUT2D eigenvalue weighted by molar-refractivity contribution is -0.137. The SMILES string of the molecule is CN[C@@H](CO)c1nc(Cc2ccc(C(F)(F)F)cc2)no1. The van der Waals surface area contributed by atoms with Crippen LogP contribution in [0.25, 0.3) is 0 Å². The molecule has 1 aromatic carbocycles. The van der Waals surface area contributed by atoms with Crippen LogP contribution < -0.4 is 5.32 Å². The van der Waals surface area contributed by atoms with E-state index >= 15 is 0 Å². The molecule has 0 amide bonds. The van der Waals surface area contributed by atoms with Gasteiger partial charge in [0.2, 0.25) is 5.89 Å². The minimum atomic E-state index is -4.35. The fraction of sp³-hybridized carbons (Fsp3) is 0.385. The highest BCUT2D eigenvalue weighted by Crippen LogP contribution is 2.29. The molecular formula is C13H14F3N3O2.